The molecule has 0 saturated carbocycles. The molecule has 2 aromatic rings. The van der Waals surface area contributed by atoms with Crippen LogP contribution in [0.2, 0.25) is 0 Å². The van der Waals surface area contributed by atoms with Crippen molar-refractivity contribution in [2.75, 3.05) is 11.4 Å². The van der Waals surface area contributed by atoms with Gasteiger partial charge in [0, 0.05) is 37.4 Å². The second-order valence-electron chi connectivity index (χ2n) is 5.43. The van der Waals surface area contributed by atoms with Crippen molar-refractivity contribution < 1.29 is 4.79 Å². The maximum absolute atomic E-state index is 11.7. The molecular weight excluding hydrogens is 264 g/mol. The molecule has 1 aromatic heterocycles. The van der Waals surface area contributed by atoms with E-state index in [0.29, 0.717) is 6.42 Å². The van der Waals surface area contributed by atoms with Gasteiger partial charge in [0.15, 0.2) is 0 Å². The van der Waals surface area contributed by atoms with Crippen molar-refractivity contribution in [1.29, 1.82) is 0 Å². The van der Waals surface area contributed by atoms with E-state index in [1.807, 2.05) is 23.1 Å². The van der Waals surface area contributed by atoms with Crippen LogP contribution in [0.4, 0.5) is 5.69 Å². The highest BCUT2D eigenvalue weighted by Gasteiger charge is 2.21. The van der Waals surface area contributed by atoms with Gasteiger partial charge in [-0.3, -0.25) is 9.89 Å². The molecule has 2 heterocycles. The summed E-state index contributed by atoms with van der Waals surface area (Å²) in [6, 6.07) is 10.4. The topological polar surface area (TPSA) is 61.0 Å². The van der Waals surface area contributed by atoms with Gasteiger partial charge in [0.2, 0.25) is 5.91 Å². The van der Waals surface area contributed by atoms with Crippen LogP contribution in [0.15, 0.2) is 36.5 Å². The summed E-state index contributed by atoms with van der Waals surface area (Å²) in [5, 5.41) is 10.4. The summed E-state index contributed by atoms with van der Waals surface area (Å²) in [5.74, 6) is 0.230. The molecule has 0 bridgehead atoms. The van der Waals surface area contributed by atoms with Crippen molar-refractivity contribution in [2.24, 2.45) is 0 Å². The third-order valence-electron chi connectivity index (χ3n) is 3.92. The van der Waals surface area contributed by atoms with Gasteiger partial charge in [0.25, 0.3) is 0 Å². The van der Waals surface area contributed by atoms with E-state index in [2.05, 4.69) is 34.6 Å². The summed E-state index contributed by atoms with van der Waals surface area (Å²) in [6.45, 7) is 3.73. The number of nitrogens with zero attached hydrogens (tertiary/aromatic N) is 2. The normalized spacial score (nSPS) is 16.4. The maximum atomic E-state index is 11.7. The van der Waals surface area contributed by atoms with Crippen LogP contribution in [0, 0.1) is 0 Å². The predicted molar refractivity (Wildman–Crippen MR) is 81.9 cm³/mol. The molecule has 0 radical (unpaired) electrons. The maximum Gasteiger partial charge on any atom is 0.227 e. The number of hydrogen-bond acceptors (Lipinski definition) is 3. The van der Waals surface area contributed by atoms with Crippen molar-refractivity contribution in [3.8, 4) is 0 Å². The lowest BCUT2D eigenvalue weighted by molar-refractivity contribution is -0.117. The van der Waals surface area contributed by atoms with Crippen LogP contribution in [-0.2, 0) is 11.3 Å². The van der Waals surface area contributed by atoms with Crippen LogP contribution in [0.1, 0.15) is 37.1 Å². The molecule has 1 aliphatic heterocycles. The lowest BCUT2D eigenvalue weighted by Crippen LogP contribution is -2.23. The molecule has 21 heavy (non-hydrogen) atoms. The zero-order valence-electron chi connectivity index (χ0n) is 12.2. The summed E-state index contributed by atoms with van der Waals surface area (Å²) in [5.41, 5.74) is 3.29. The highest BCUT2D eigenvalue weighted by atomic mass is 16.2. The lowest BCUT2D eigenvalue weighted by Gasteiger charge is -2.16. The third-order valence-corrected chi connectivity index (χ3v) is 3.92. The van der Waals surface area contributed by atoms with Crippen molar-refractivity contribution in [3.63, 3.8) is 0 Å². The Balaban J connectivity index is 1.58. The molecule has 1 atom stereocenters. The standard InChI is InChI=1S/C16H20N4O/c1-12(15-8-9-18-19-15)17-11-13-4-6-14(7-5-13)20-10-2-3-16(20)21/h4-9,12,17H,2-3,10-11H2,1H3,(H,18,19). The van der Waals surface area contributed by atoms with Crippen LogP contribution in [0.3, 0.4) is 0 Å². The molecule has 1 aliphatic rings. The molecule has 1 amide bonds. The first kappa shape index (κ1) is 13.8. The summed E-state index contributed by atoms with van der Waals surface area (Å²) >= 11 is 0. The van der Waals surface area contributed by atoms with Gasteiger partial charge < -0.3 is 10.2 Å². The molecule has 1 unspecified atom stereocenters. The Kier molecular flexibility index (Phi) is 4.01. The van der Waals surface area contributed by atoms with Crippen LogP contribution in [-0.4, -0.2) is 22.6 Å². The molecule has 2 N–H and O–H groups in total. The van der Waals surface area contributed by atoms with Gasteiger partial charge in [-0.05, 0) is 37.1 Å². The number of nitrogens with one attached hydrogen (secondary N) is 2. The fourth-order valence-electron chi connectivity index (χ4n) is 2.60. The average Bonchev–Trinajstić information content (AvgIpc) is 3.17. The molecule has 0 aliphatic carbocycles. The monoisotopic (exact) mass is 284 g/mol. The molecule has 3 rings (SSSR count). The Morgan fingerprint density at radius 1 is 1.33 bits per heavy atom. The van der Waals surface area contributed by atoms with E-state index in [-0.39, 0.29) is 11.9 Å². The Bertz CT molecular complexity index is 591. The summed E-state index contributed by atoms with van der Waals surface area (Å²) in [6.07, 6.45) is 3.39. The first-order chi connectivity index (χ1) is 10.2. The van der Waals surface area contributed by atoms with Gasteiger partial charge in [-0.15, -0.1) is 0 Å². The van der Waals surface area contributed by atoms with E-state index >= 15 is 0 Å². The molecule has 1 saturated heterocycles. The van der Waals surface area contributed by atoms with Gasteiger partial charge in [-0.2, -0.15) is 5.10 Å². The zero-order valence-corrected chi connectivity index (χ0v) is 12.2. The van der Waals surface area contributed by atoms with Crippen LogP contribution in [0.25, 0.3) is 0 Å². The Morgan fingerprint density at radius 2 is 2.14 bits per heavy atom. The van der Waals surface area contributed by atoms with Crippen LogP contribution < -0.4 is 10.2 Å². The first-order valence-electron chi connectivity index (χ1n) is 7.36. The van der Waals surface area contributed by atoms with E-state index in [9.17, 15) is 4.79 Å². The molecule has 0 spiro atoms. The molecular formula is C16H20N4O. The number of carbonyl (C=O) groups excluding carboxylic acids is 1. The number of anilines is 1. The van der Waals surface area contributed by atoms with Crippen molar-refractivity contribution in [3.05, 3.63) is 47.8 Å². The number of hydrogen-bond donors (Lipinski definition) is 2. The Hall–Kier alpha value is -2.14. The van der Waals surface area contributed by atoms with Crippen molar-refractivity contribution in [1.82, 2.24) is 15.5 Å². The van der Waals surface area contributed by atoms with Crippen LogP contribution in [0.5, 0.6) is 0 Å². The molecule has 5 heteroatoms. The van der Waals surface area contributed by atoms with Crippen molar-refractivity contribution in [2.45, 2.75) is 32.4 Å². The summed E-state index contributed by atoms with van der Waals surface area (Å²) in [7, 11) is 0. The predicted octanol–water partition coefficient (Wildman–Crippen LogP) is 2.39. The largest absolute Gasteiger partial charge is 0.312 e. The van der Waals surface area contributed by atoms with Gasteiger partial charge in [-0.25, -0.2) is 0 Å². The van der Waals surface area contributed by atoms with Gasteiger partial charge in [-0.1, -0.05) is 12.1 Å². The SMILES string of the molecule is CC(NCc1ccc(N2CCCC2=O)cc1)c1ccn[nH]1. The fourth-order valence-corrected chi connectivity index (χ4v) is 2.60. The number of aromatic amines is 1. The van der Waals surface area contributed by atoms with E-state index < -0.39 is 0 Å². The van der Waals surface area contributed by atoms with Crippen molar-refractivity contribution >= 4 is 11.6 Å². The Labute approximate surface area is 124 Å². The number of amides is 1. The second-order valence-corrected chi connectivity index (χ2v) is 5.43. The Morgan fingerprint density at radius 3 is 2.76 bits per heavy atom. The molecule has 5 nitrogen and oxygen atoms in total. The highest BCUT2D eigenvalue weighted by Crippen LogP contribution is 2.21. The van der Waals surface area contributed by atoms with Gasteiger partial charge in [0.05, 0.1) is 5.69 Å². The number of carbonyl (C=O) groups is 1. The molecule has 1 fully saturated rings. The number of benzene rings is 1. The number of aromatic nitrogens is 2. The van der Waals surface area contributed by atoms with E-state index in [1.165, 1.54) is 5.56 Å². The first-order valence-corrected chi connectivity index (χ1v) is 7.36. The van der Waals surface area contributed by atoms with Crippen LogP contribution >= 0.6 is 0 Å². The quantitative estimate of drug-likeness (QED) is 0.886. The van der Waals surface area contributed by atoms with E-state index in [1.54, 1.807) is 6.20 Å². The number of H-pyrrole nitrogens is 1. The average molecular weight is 284 g/mol. The van der Waals surface area contributed by atoms with E-state index in [4.69, 9.17) is 0 Å². The lowest BCUT2D eigenvalue weighted by atomic mass is 10.1. The minimum atomic E-state index is 0.229. The zero-order chi connectivity index (χ0) is 14.7. The summed E-state index contributed by atoms with van der Waals surface area (Å²) in [4.78, 5) is 13.6. The summed E-state index contributed by atoms with van der Waals surface area (Å²) < 4.78 is 0. The highest BCUT2D eigenvalue weighted by molar-refractivity contribution is 5.95. The smallest absolute Gasteiger partial charge is 0.227 e. The minimum Gasteiger partial charge on any atom is -0.312 e. The molecule has 110 valence electrons. The minimum absolute atomic E-state index is 0.229. The van der Waals surface area contributed by atoms with Gasteiger partial charge >= 0.3 is 0 Å². The van der Waals surface area contributed by atoms with Gasteiger partial charge in [0.1, 0.15) is 0 Å². The molecule has 1 aromatic carbocycles. The van der Waals surface area contributed by atoms with E-state index in [0.717, 1.165) is 30.9 Å². The number of rotatable bonds is 5. The second kappa shape index (κ2) is 6.10. The fraction of sp³-hybridized carbons (Fsp3) is 0.375. The third kappa shape index (κ3) is 3.13.